The first kappa shape index (κ1) is 16.0. The summed E-state index contributed by atoms with van der Waals surface area (Å²) in [4.78, 5) is 9.53. The second kappa shape index (κ2) is 5.98. The molecule has 2 atom stereocenters. The number of aromatic nitrogens is 2. The van der Waals surface area contributed by atoms with E-state index in [-0.39, 0.29) is 12.1 Å². The highest BCUT2D eigenvalue weighted by Gasteiger charge is 2.48. The normalized spacial score (nSPS) is 29.0. The van der Waals surface area contributed by atoms with E-state index in [1.165, 1.54) is 11.8 Å². The van der Waals surface area contributed by atoms with Gasteiger partial charge < -0.3 is 5.11 Å². The molecule has 2 aliphatic rings. The van der Waals surface area contributed by atoms with Gasteiger partial charge in [-0.05, 0) is 32.2 Å². The van der Waals surface area contributed by atoms with Crippen LogP contribution in [0.4, 0.5) is 13.2 Å². The van der Waals surface area contributed by atoms with E-state index in [1.54, 1.807) is 0 Å². The van der Waals surface area contributed by atoms with Crippen LogP contribution in [0.5, 0.6) is 0 Å². The zero-order valence-electron chi connectivity index (χ0n) is 12.0. The van der Waals surface area contributed by atoms with Crippen molar-refractivity contribution in [2.75, 3.05) is 18.9 Å². The maximum absolute atomic E-state index is 12.6. The lowest BCUT2D eigenvalue weighted by Gasteiger charge is -2.33. The molecule has 122 valence electrons. The average molecular weight is 333 g/mol. The SMILES string of the molecule is OCC12CCCN1C(CSc1cc(C(F)(F)F)ncn1)CC2. The first-order chi connectivity index (χ1) is 10.4. The summed E-state index contributed by atoms with van der Waals surface area (Å²) in [6, 6.07) is 1.30. The number of hydrogen-bond donors (Lipinski definition) is 1. The maximum atomic E-state index is 12.6. The van der Waals surface area contributed by atoms with Gasteiger partial charge in [-0.3, -0.25) is 4.90 Å². The fourth-order valence-electron chi connectivity index (χ4n) is 3.57. The third-order valence-electron chi connectivity index (χ3n) is 4.68. The minimum absolute atomic E-state index is 0.0893. The van der Waals surface area contributed by atoms with Gasteiger partial charge in [0.25, 0.3) is 0 Å². The predicted molar refractivity (Wildman–Crippen MR) is 76.5 cm³/mol. The van der Waals surface area contributed by atoms with Crippen molar-refractivity contribution in [1.29, 1.82) is 0 Å². The van der Waals surface area contributed by atoms with Gasteiger partial charge in [0, 0.05) is 23.4 Å². The topological polar surface area (TPSA) is 49.2 Å². The van der Waals surface area contributed by atoms with Crippen LogP contribution in [0.25, 0.3) is 0 Å². The second-order valence-corrected chi connectivity index (χ2v) is 6.96. The Hall–Kier alpha value is -0.860. The molecule has 0 radical (unpaired) electrons. The van der Waals surface area contributed by atoms with E-state index >= 15 is 0 Å². The molecule has 1 aromatic rings. The van der Waals surface area contributed by atoms with Crippen LogP contribution in [0.2, 0.25) is 0 Å². The maximum Gasteiger partial charge on any atom is 0.433 e. The van der Waals surface area contributed by atoms with Gasteiger partial charge in [-0.1, -0.05) is 0 Å². The Morgan fingerprint density at radius 2 is 2.18 bits per heavy atom. The zero-order valence-corrected chi connectivity index (χ0v) is 12.8. The standard InChI is InChI=1S/C14H18F3N3OS/c15-14(16,17)11-6-12(19-9-18-11)22-7-10-2-4-13(8-21)3-1-5-20(10)13/h6,9-10,21H,1-5,7-8H2. The molecule has 2 unspecified atom stereocenters. The summed E-state index contributed by atoms with van der Waals surface area (Å²) in [5, 5.41) is 10.0. The van der Waals surface area contributed by atoms with E-state index < -0.39 is 11.9 Å². The summed E-state index contributed by atoms with van der Waals surface area (Å²) in [6.45, 7) is 1.13. The first-order valence-corrected chi connectivity index (χ1v) is 8.33. The van der Waals surface area contributed by atoms with Crippen molar-refractivity contribution in [3.05, 3.63) is 18.1 Å². The van der Waals surface area contributed by atoms with Gasteiger partial charge in [0.05, 0.1) is 6.61 Å². The lowest BCUT2D eigenvalue weighted by Crippen LogP contribution is -2.45. The Kier molecular flexibility index (Phi) is 4.35. The highest BCUT2D eigenvalue weighted by atomic mass is 32.2. The van der Waals surface area contributed by atoms with Crippen molar-refractivity contribution in [3.63, 3.8) is 0 Å². The van der Waals surface area contributed by atoms with Crippen LogP contribution in [-0.2, 0) is 6.18 Å². The number of thioether (sulfide) groups is 1. The van der Waals surface area contributed by atoms with Crippen molar-refractivity contribution >= 4 is 11.8 Å². The van der Waals surface area contributed by atoms with Crippen LogP contribution in [0.15, 0.2) is 17.4 Å². The van der Waals surface area contributed by atoms with Gasteiger partial charge in [0.2, 0.25) is 0 Å². The Morgan fingerprint density at radius 3 is 2.91 bits per heavy atom. The quantitative estimate of drug-likeness (QED) is 0.678. The van der Waals surface area contributed by atoms with Crippen LogP contribution < -0.4 is 0 Å². The van der Waals surface area contributed by atoms with Crippen molar-refractivity contribution in [2.24, 2.45) is 0 Å². The van der Waals surface area contributed by atoms with Gasteiger partial charge in [-0.15, -0.1) is 11.8 Å². The van der Waals surface area contributed by atoms with Gasteiger partial charge in [-0.25, -0.2) is 9.97 Å². The molecule has 1 N–H and O–H groups in total. The molecule has 0 amide bonds. The highest BCUT2D eigenvalue weighted by molar-refractivity contribution is 7.99. The predicted octanol–water partition coefficient (Wildman–Crippen LogP) is 2.58. The number of halogens is 3. The number of alkyl halides is 3. The third-order valence-corrected chi connectivity index (χ3v) is 5.75. The van der Waals surface area contributed by atoms with Crippen LogP contribution in [0.1, 0.15) is 31.4 Å². The number of hydrogen-bond acceptors (Lipinski definition) is 5. The Balaban J connectivity index is 1.64. The Labute approximate surface area is 131 Å². The third kappa shape index (κ3) is 2.96. The summed E-state index contributed by atoms with van der Waals surface area (Å²) in [7, 11) is 0. The molecular weight excluding hydrogens is 315 g/mol. The smallest absolute Gasteiger partial charge is 0.394 e. The lowest BCUT2D eigenvalue weighted by molar-refractivity contribution is -0.141. The van der Waals surface area contributed by atoms with Crippen molar-refractivity contribution in [3.8, 4) is 0 Å². The summed E-state index contributed by atoms with van der Waals surface area (Å²) >= 11 is 1.33. The minimum Gasteiger partial charge on any atom is -0.394 e. The van der Waals surface area contributed by atoms with Gasteiger partial charge in [-0.2, -0.15) is 13.2 Å². The molecule has 4 nitrogen and oxygen atoms in total. The molecule has 8 heteroatoms. The largest absolute Gasteiger partial charge is 0.433 e. The Morgan fingerprint density at radius 1 is 1.36 bits per heavy atom. The molecule has 1 aromatic heterocycles. The molecule has 2 aliphatic heterocycles. The molecule has 0 aliphatic carbocycles. The highest BCUT2D eigenvalue weighted by Crippen LogP contribution is 2.43. The number of aliphatic hydroxyl groups excluding tert-OH is 1. The molecule has 3 heterocycles. The summed E-state index contributed by atoms with van der Waals surface area (Å²) < 4.78 is 37.9. The van der Waals surface area contributed by atoms with E-state index in [4.69, 9.17) is 0 Å². The number of nitrogens with zero attached hydrogens (tertiary/aromatic N) is 3. The molecular formula is C14H18F3N3OS. The van der Waals surface area contributed by atoms with E-state index in [1.807, 2.05) is 0 Å². The van der Waals surface area contributed by atoms with E-state index in [9.17, 15) is 18.3 Å². The summed E-state index contributed by atoms with van der Waals surface area (Å²) in [5.41, 5.74) is -0.990. The number of fused-ring (bicyclic) bond motifs is 1. The van der Waals surface area contributed by atoms with Gasteiger partial charge >= 0.3 is 6.18 Å². The number of aliphatic hydroxyl groups is 1. The average Bonchev–Trinajstić information content (AvgIpc) is 3.04. The lowest BCUT2D eigenvalue weighted by atomic mass is 9.95. The minimum atomic E-state index is -4.44. The van der Waals surface area contributed by atoms with Crippen LogP contribution >= 0.6 is 11.8 Å². The van der Waals surface area contributed by atoms with Crippen molar-refractivity contribution in [1.82, 2.24) is 14.9 Å². The summed E-state index contributed by atoms with van der Waals surface area (Å²) in [5.74, 6) is 0.691. The molecule has 2 saturated heterocycles. The van der Waals surface area contributed by atoms with Gasteiger partial charge in [0.1, 0.15) is 17.0 Å². The van der Waals surface area contributed by atoms with E-state index in [0.29, 0.717) is 16.8 Å². The van der Waals surface area contributed by atoms with Crippen LogP contribution in [0.3, 0.4) is 0 Å². The monoisotopic (exact) mass is 333 g/mol. The van der Waals surface area contributed by atoms with Crippen molar-refractivity contribution < 1.29 is 18.3 Å². The Bertz CT molecular complexity index is 542. The van der Waals surface area contributed by atoms with Crippen LogP contribution in [0, 0.1) is 0 Å². The zero-order chi connectivity index (χ0) is 15.8. The molecule has 0 spiro atoms. The van der Waals surface area contributed by atoms with Crippen LogP contribution in [-0.4, -0.2) is 50.5 Å². The molecule has 0 bridgehead atoms. The van der Waals surface area contributed by atoms with E-state index in [0.717, 1.165) is 44.6 Å². The first-order valence-electron chi connectivity index (χ1n) is 7.34. The number of rotatable bonds is 4. The van der Waals surface area contributed by atoms with Crippen molar-refractivity contribution in [2.45, 2.75) is 48.5 Å². The molecule has 22 heavy (non-hydrogen) atoms. The fraction of sp³-hybridized carbons (Fsp3) is 0.714. The summed E-state index contributed by atoms with van der Waals surface area (Å²) in [6.07, 6.45) is 0.557. The van der Waals surface area contributed by atoms with Gasteiger partial charge in [0.15, 0.2) is 0 Å². The molecule has 3 rings (SSSR count). The second-order valence-electron chi connectivity index (χ2n) is 5.92. The fourth-order valence-corrected chi connectivity index (χ4v) is 4.59. The molecule has 0 aromatic carbocycles. The van der Waals surface area contributed by atoms with E-state index in [2.05, 4.69) is 14.9 Å². The molecule has 0 saturated carbocycles. The molecule has 2 fully saturated rings.